The zero-order valence-electron chi connectivity index (χ0n) is 11.5. The summed E-state index contributed by atoms with van der Waals surface area (Å²) in [5.74, 6) is 0. The largest absolute Gasteiger partial charge is 0.325 e. The molecule has 0 amide bonds. The molecule has 0 saturated heterocycles. The Labute approximate surface area is 95.8 Å². The Balaban J connectivity index is 5.25. The Morgan fingerprint density at radius 1 is 0.667 bits per heavy atom. The standard InChI is InChI=1S/C13H30N2/c1-7-12(14,8-2)11(5,6)13(15,9-3)10-4/h7-10,14-15H2,1-6H3. The van der Waals surface area contributed by atoms with Gasteiger partial charge in [0.05, 0.1) is 0 Å². The van der Waals surface area contributed by atoms with Crippen LogP contribution in [0, 0.1) is 5.41 Å². The fourth-order valence-electron chi connectivity index (χ4n) is 2.76. The predicted molar refractivity (Wildman–Crippen MR) is 68.8 cm³/mol. The van der Waals surface area contributed by atoms with Crippen LogP contribution in [0.25, 0.3) is 0 Å². The highest BCUT2D eigenvalue weighted by Gasteiger charge is 2.50. The molecular formula is C13H30N2. The molecule has 0 rings (SSSR count). The average Bonchev–Trinajstić information content (AvgIpc) is 2.26. The second-order valence-corrected chi connectivity index (χ2v) is 5.35. The molecule has 92 valence electrons. The quantitative estimate of drug-likeness (QED) is 0.714. The minimum Gasteiger partial charge on any atom is -0.325 e. The summed E-state index contributed by atoms with van der Waals surface area (Å²) in [6.07, 6.45) is 3.93. The van der Waals surface area contributed by atoms with E-state index in [1.807, 2.05) is 0 Å². The van der Waals surface area contributed by atoms with Gasteiger partial charge in [-0.15, -0.1) is 0 Å². The van der Waals surface area contributed by atoms with Gasteiger partial charge in [0.25, 0.3) is 0 Å². The smallest absolute Gasteiger partial charge is 0.0218 e. The summed E-state index contributed by atoms with van der Waals surface area (Å²) >= 11 is 0. The van der Waals surface area contributed by atoms with Crippen LogP contribution in [-0.4, -0.2) is 11.1 Å². The van der Waals surface area contributed by atoms with E-state index in [1.165, 1.54) is 0 Å². The average molecular weight is 214 g/mol. The lowest BCUT2D eigenvalue weighted by Crippen LogP contribution is -2.66. The molecule has 4 N–H and O–H groups in total. The molecule has 0 aromatic rings. The molecule has 2 nitrogen and oxygen atoms in total. The van der Waals surface area contributed by atoms with Gasteiger partial charge in [-0.2, -0.15) is 0 Å². The highest BCUT2D eigenvalue weighted by atomic mass is 14.9. The summed E-state index contributed by atoms with van der Waals surface area (Å²) in [7, 11) is 0. The lowest BCUT2D eigenvalue weighted by atomic mass is 9.57. The molecule has 0 heterocycles. The van der Waals surface area contributed by atoms with Crippen LogP contribution in [0.5, 0.6) is 0 Å². The van der Waals surface area contributed by atoms with Crippen molar-refractivity contribution in [2.75, 3.05) is 0 Å². The second kappa shape index (κ2) is 4.84. The molecular weight excluding hydrogens is 184 g/mol. The highest BCUT2D eigenvalue weighted by Crippen LogP contribution is 2.45. The molecule has 0 fully saturated rings. The minimum atomic E-state index is -0.159. The van der Waals surface area contributed by atoms with Crippen molar-refractivity contribution in [3.05, 3.63) is 0 Å². The molecule has 0 unspecified atom stereocenters. The van der Waals surface area contributed by atoms with E-state index in [1.54, 1.807) is 0 Å². The zero-order chi connectivity index (χ0) is 12.3. The first-order valence-corrected chi connectivity index (χ1v) is 6.32. The normalized spacial score (nSPS) is 14.4. The van der Waals surface area contributed by atoms with Gasteiger partial charge in [0.1, 0.15) is 0 Å². The number of rotatable bonds is 6. The van der Waals surface area contributed by atoms with Gasteiger partial charge in [-0.25, -0.2) is 0 Å². The third-order valence-electron chi connectivity index (χ3n) is 5.01. The van der Waals surface area contributed by atoms with E-state index in [4.69, 9.17) is 11.5 Å². The Bertz CT molecular complexity index is 169. The number of hydrogen-bond acceptors (Lipinski definition) is 2. The summed E-state index contributed by atoms with van der Waals surface area (Å²) in [5.41, 5.74) is 12.7. The summed E-state index contributed by atoms with van der Waals surface area (Å²) in [4.78, 5) is 0. The van der Waals surface area contributed by atoms with Gasteiger partial charge in [0.2, 0.25) is 0 Å². The van der Waals surface area contributed by atoms with Crippen LogP contribution < -0.4 is 11.5 Å². The van der Waals surface area contributed by atoms with Gasteiger partial charge in [0.15, 0.2) is 0 Å². The lowest BCUT2D eigenvalue weighted by Gasteiger charge is -2.54. The van der Waals surface area contributed by atoms with Crippen LogP contribution in [0.15, 0.2) is 0 Å². The second-order valence-electron chi connectivity index (χ2n) is 5.35. The Hall–Kier alpha value is -0.0800. The van der Waals surface area contributed by atoms with Gasteiger partial charge in [-0.05, 0) is 25.7 Å². The van der Waals surface area contributed by atoms with Crippen LogP contribution >= 0.6 is 0 Å². The van der Waals surface area contributed by atoms with Crippen LogP contribution in [-0.2, 0) is 0 Å². The van der Waals surface area contributed by atoms with Gasteiger partial charge >= 0.3 is 0 Å². The van der Waals surface area contributed by atoms with E-state index in [2.05, 4.69) is 41.5 Å². The van der Waals surface area contributed by atoms with Crippen molar-refractivity contribution in [3.8, 4) is 0 Å². The van der Waals surface area contributed by atoms with Gasteiger partial charge in [-0.1, -0.05) is 41.5 Å². The van der Waals surface area contributed by atoms with Crippen molar-refractivity contribution >= 4 is 0 Å². The third kappa shape index (κ3) is 2.21. The third-order valence-corrected chi connectivity index (χ3v) is 5.01. The molecule has 0 spiro atoms. The van der Waals surface area contributed by atoms with Crippen LogP contribution in [0.1, 0.15) is 67.2 Å². The van der Waals surface area contributed by atoms with E-state index < -0.39 is 0 Å². The van der Waals surface area contributed by atoms with Gasteiger partial charge in [-0.3, -0.25) is 0 Å². The molecule has 15 heavy (non-hydrogen) atoms. The monoisotopic (exact) mass is 214 g/mol. The molecule has 0 aliphatic rings. The SMILES string of the molecule is CCC(N)(CC)C(C)(C)C(N)(CC)CC. The van der Waals surface area contributed by atoms with Crippen LogP contribution in [0.4, 0.5) is 0 Å². The highest BCUT2D eigenvalue weighted by molar-refractivity contribution is 5.08. The maximum atomic E-state index is 6.53. The van der Waals surface area contributed by atoms with E-state index in [9.17, 15) is 0 Å². The van der Waals surface area contributed by atoms with Gasteiger partial charge < -0.3 is 11.5 Å². The Morgan fingerprint density at radius 2 is 0.867 bits per heavy atom. The van der Waals surface area contributed by atoms with Crippen molar-refractivity contribution in [2.45, 2.75) is 78.3 Å². The fourth-order valence-corrected chi connectivity index (χ4v) is 2.76. The molecule has 0 aromatic heterocycles. The maximum absolute atomic E-state index is 6.53. The summed E-state index contributed by atoms with van der Waals surface area (Å²) in [5, 5.41) is 0. The van der Waals surface area contributed by atoms with E-state index in [0.717, 1.165) is 25.7 Å². The van der Waals surface area contributed by atoms with Crippen LogP contribution in [0.2, 0.25) is 0 Å². The predicted octanol–water partition coefficient (Wildman–Crippen LogP) is 3.05. The lowest BCUT2D eigenvalue weighted by molar-refractivity contribution is 0.0428. The van der Waals surface area contributed by atoms with E-state index in [0.29, 0.717) is 0 Å². The molecule has 0 aromatic carbocycles. The molecule has 0 atom stereocenters. The minimum absolute atomic E-state index is 0.0347. The van der Waals surface area contributed by atoms with Gasteiger partial charge in [0, 0.05) is 16.5 Å². The van der Waals surface area contributed by atoms with Crippen molar-refractivity contribution in [2.24, 2.45) is 16.9 Å². The van der Waals surface area contributed by atoms with E-state index in [-0.39, 0.29) is 16.5 Å². The molecule has 0 saturated carbocycles. The van der Waals surface area contributed by atoms with Crippen LogP contribution in [0.3, 0.4) is 0 Å². The first kappa shape index (κ1) is 14.9. The summed E-state index contributed by atoms with van der Waals surface area (Å²) < 4.78 is 0. The van der Waals surface area contributed by atoms with Crippen molar-refractivity contribution in [1.82, 2.24) is 0 Å². The van der Waals surface area contributed by atoms with Crippen molar-refractivity contribution in [3.63, 3.8) is 0 Å². The van der Waals surface area contributed by atoms with Crippen molar-refractivity contribution < 1.29 is 0 Å². The van der Waals surface area contributed by atoms with Crippen molar-refractivity contribution in [1.29, 1.82) is 0 Å². The maximum Gasteiger partial charge on any atom is 0.0218 e. The Kier molecular flexibility index (Phi) is 4.81. The summed E-state index contributed by atoms with van der Waals surface area (Å²) in [6.45, 7) is 13.1. The molecule has 0 aliphatic carbocycles. The number of hydrogen-bond donors (Lipinski definition) is 2. The fraction of sp³-hybridized carbons (Fsp3) is 1.00. The molecule has 0 radical (unpaired) electrons. The first-order valence-electron chi connectivity index (χ1n) is 6.32. The molecule has 2 heteroatoms. The first-order chi connectivity index (χ1) is 6.74. The number of nitrogens with two attached hydrogens (primary N) is 2. The molecule has 0 bridgehead atoms. The summed E-state index contributed by atoms with van der Waals surface area (Å²) in [6, 6.07) is 0. The van der Waals surface area contributed by atoms with E-state index >= 15 is 0 Å². The topological polar surface area (TPSA) is 52.0 Å². The Morgan fingerprint density at radius 3 is 1.00 bits per heavy atom. The molecule has 0 aliphatic heterocycles. The zero-order valence-corrected chi connectivity index (χ0v) is 11.5.